The Morgan fingerprint density at radius 1 is 1.50 bits per heavy atom. The molecule has 3 heteroatoms. The second-order valence-corrected chi connectivity index (χ2v) is 4.78. The average Bonchev–Trinajstić information content (AvgIpc) is 2.16. The molecule has 1 aliphatic heterocycles. The number of benzene rings is 1. The van der Waals surface area contributed by atoms with Crippen molar-refractivity contribution < 1.29 is 0 Å². The Balaban J connectivity index is 2.36. The average molecular weight is 204 g/mol. The number of aryl methyl sites for hydroxylation is 1. The zero-order chi connectivity index (χ0) is 10.1. The van der Waals surface area contributed by atoms with Gasteiger partial charge in [0.05, 0.1) is 6.07 Å². The summed E-state index contributed by atoms with van der Waals surface area (Å²) in [6.45, 7) is 4.12. The Kier molecular flexibility index (Phi) is 2.39. The molecule has 1 N–H and O–H groups in total. The van der Waals surface area contributed by atoms with Gasteiger partial charge >= 0.3 is 0 Å². The number of rotatable bonds is 0. The molecular formula is C11H12N2S. The van der Waals surface area contributed by atoms with Gasteiger partial charge in [0.2, 0.25) is 0 Å². The Hall–Kier alpha value is -1.14. The largest absolute Gasteiger partial charge is 0.379 e. The molecule has 1 aromatic carbocycles. The number of fused-ring (bicyclic) bond motifs is 1. The maximum atomic E-state index is 8.93. The first-order chi connectivity index (χ1) is 6.70. The fraction of sp³-hybridized carbons (Fsp3) is 0.364. The summed E-state index contributed by atoms with van der Waals surface area (Å²) in [5, 5.41) is 12.3. The van der Waals surface area contributed by atoms with Gasteiger partial charge in [-0.15, -0.1) is 11.8 Å². The van der Waals surface area contributed by atoms with Crippen LogP contribution in [0.5, 0.6) is 0 Å². The minimum atomic E-state index is 0.0187. The van der Waals surface area contributed by atoms with Crippen LogP contribution in [-0.4, -0.2) is 11.3 Å². The topological polar surface area (TPSA) is 35.8 Å². The maximum absolute atomic E-state index is 8.93. The zero-order valence-corrected chi connectivity index (χ0v) is 9.06. The molecule has 14 heavy (non-hydrogen) atoms. The second-order valence-electron chi connectivity index (χ2n) is 3.60. The summed E-state index contributed by atoms with van der Waals surface area (Å²) >= 11 is 1.65. The number of nitrogens with zero attached hydrogens (tertiary/aromatic N) is 1. The summed E-state index contributed by atoms with van der Waals surface area (Å²) in [5.41, 5.74) is 2.41. The minimum absolute atomic E-state index is 0.0187. The maximum Gasteiger partial charge on any atom is 0.116 e. The van der Waals surface area contributed by atoms with Crippen LogP contribution in [0.3, 0.4) is 0 Å². The van der Waals surface area contributed by atoms with Crippen LogP contribution >= 0.6 is 11.8 Å². The molecule has 1 aromatic rings. The van der Waals surface area contributed by atoms with E-state index in [0.717, 1.165) is 5.69 Å². The predicted octanol–water partition coefficient (Wildman–Crippen LogP) is 2.79. The molecule has 0 saturated heterocycles. The van der Waals surface area contributed by atoms with E-state index in [1.807, 2.05) is 6.92 Å². The molecule has 0 radical (unpaired) electrons. The van der Waals surface area contributed by atoms with Crippen molar-refractivity contribution in [1.29, 1.82) is 5.26 Å². The quantitative estimate of drug-likeness (QED) is 0.706. The highest BCUT2D eigenvalue weighted by molar-refractivity contribution is 8.00. The third-order valence-electron chi connectivity index (χ3n) is 2.35. The molecule has 1 heterocycles. The molecule has 2 unspecified atom stereocenters. The highest BCUT2D eigenvalue weighted by atomic mass is 32.2. The summed E-state index contributed by atoms with van der Waals surface area (Å²) < 4.78 is 0. The fourth-order valence-electron chi connectivity index (χ4n) is 1.56. The summed E-state index contributed by atoms with van der Waals surface area (Å²) in [4.78, 5) is 1.18. The number of thioether (sulfide) groups is 1. The molecule has 1 aliphatic rings. The predicted molar refractivity (Wildman–Crippen MR) is 59.5 cm³/mol. The Labute approximate surface area is 88.3 Å². The SMILES string of the molecule is Cc1ccc2c(c1)NC(C)C(C#N)S2. The van der Waals surface area contributed by atoms with E-state index < -0.39 is 0 Å². The number of hydrogen-bond acceptors (Lipinski definition) is 3. The molecule has 0 fully saturated rings. The van der Waals surface area contributed by atoms with Gasteiger partial charge in [0, 0.05) is 16.6 Å². The van der Waals surface area contributed by atoms with Crippen LogP contribution < -0.4 is 5.32 Å². The van der Waals surface area contributed by atoms with Crippen molar-refractivity contribution in [2.24, 2.45) is 0 Å². The van der Waals surface area contributed by atoms with E-state index in [-0.39, 0.29) is 11.3 Å². The summed E-state index contributed by atoms with van der Waals surface area (Å²) in [5.74, 6) is 0. The van der Waals surface area contributed by atoms with Gasteiger partial charge < -0.3 is 5.32 Å². The third-order valence-corrected chi connectivity index (χ3v) is 3.73. The first kappa shape index (κ1) is 9.42. The van der Waals surface area contributed by atoms with E-state index in [1.165, 1.54) is 10.5 Å². The molecule has 0 aliphatic carbocycles. The number of nitrogens with one attached hydrogen (secondary N) is 1. The Morgan fingerprint density at radius 3 is 3.00 bits per heavy atom. The van der Waals surface area contributed by atoms with Gasteiger partial charge in [-0.05, 0) is 31.5 Å². The zero-order valence-electron chi connectivity index (χ0n) is 8.24. The van der Waals surface area contributed by atoms with Gasteiger partial charge in [-0.25, -0.2) is 0 Å². The van der Waals surface area contributed by atoms with Gasteiger partial charge in [0.1, 0.15) is 5.25 Å². The molecule has 0 spiro atoms. The van der Waals surface area contributed by atoms with E-state index in [1.54, 1.807) is 11.8 Å². The molecule has 2 rings (SSSR count). The first-order valence-corrected chi connectivity index (χ1v) is 5.52. The van der Waals surface area contributed by atoms with E-state index in [4.69, 9.17) is 5.26 Å². The van der Waals surface area contributed by atoms with E-state index in [0.29, 0.717) is 0 Å². The van der Waals surface area contributed by atoms with Crippen molar-refractivity contribution in [3.05, 3.63) is 23.8 Å². The molecule has 0 amide bonds. The van der Waals surface area contributed by atoms with Crippen molar-refractivity contribution in [2.45, 2.75) is 30.0 Å². The lowest BCUT2D eigenvalue weighted by molar-refractivity contribution is 0.819. The third kappa shape index (κ3) is 1.58. The first-order valence-electron chi connectivity index (χ1n) is 4.64. The van der Waals surface area contributed by atoms with Gasteiger partial charge in [0.25, 0.3) is 0 Å². The van der Waals surface area contributed by atoms with Gasteiger partial charge in [-0.3, -0.25) is 0 Å². The fourth-order valence-corrected chi connectivity index (χ4v) is 2.55. The van der Waals surface area contributed by atoms with Crippen LogP contribution in [0.4, 0.5) is 5.69 Å². The molecule has 0 saturated carbocycles. The van der Waals surface area contributed by atoms with Crippen molar-refractivity contribution >= 4 is 17.4 Å². The smallest absolute Gasteiger partial charge is 0.116 e. The van der Waals surface area contributed by atoms with Crippen LogP contribution in [0, 0.1) is 18.3 Å². The number of anilines is 1. The molecule has 0 aromatic heterocycles. The van der Waals surface area contributed by atoms with Crippen LogP contribution in [0.25, 0.3) is 0 Å². The number of nitriles is 1. The number of hydrogen-bond donors (Lipinski definition) is 1. The summed E-state index contributed by atoms with van der Waals surface area (Å²) in [7, 11) is 0. The van der Waals surface area contributed by atoms with Crippen molar-refractivity contribution in [3.8, 4) is 6.07 Å². The molecule has 0 bridgehead atoms. The molecular weight excluding hydrogens is 192 g/mol. The minimum Gasteiger partial charge on any atom is -0.379 e. The van der Waals surface area contributed by atoms with Crippen LogP contribution in [0.1, 0.15) is 12.5 Å². The van der Waals surface area contributed by atoms with Gasteiger partial charge in [-0.2, -0.15) is 5.26 Å². The molecule has 2 atom stereocenters. The van der Waals surface area contributed by atoms with Crippen LogP contribution in [0.2, 0.25) is 0 Å². The normalized spacial score (nSPS) is 24.6. The van der Waals surface area contributed by atoms with Crippen molar-refractivity contribution in [2.75, 3.05) is 5.32 Å². The van der Waals surface area contributed by atoms with E-state index in [9.17, 15) is 0 Å². The lowest BCUT2D eigenvalue weighted by Gasteiger charge is -2.27. The van der Waals surface area contributed by atoms with Crippen LogP contribution in [-0.2, 0) is 0 Å². The lowest BCUT2D eigenvalue weighted by Crippen LogP contribution is -2.30. The second kappa shape index (κ2) is 3.55. The van der Waals surface area contributed by atoms with Gasteiger partial charge in [-0.1, -0.05) is 6.07 Å². The standard InChI is InChI=1S/C11H12N2S/c1-7-3-4-10-9(5-7)13-8(2)11(6-12)14-10/h3-5,8,11,13H,1-2H3. The lowest BCUT2D eigenvalue weighted by atomic mass is 10.2. The summed E-state index contributed by atoms with van der Waals surface area (Å²) in [6.07, 6.45) is 0. The Morgan fingerprint density at radius 2 is 2.29 bits per heavy atom. The highest BCUT2D eigenvalue weighted by Crippen LogP contribution is 2.37. The van der Waals surface area contributed by atoms with E-state index >= 15 is 0 Å². The molecule has 2 nitrogen and oxygen atoms in total. The van der Waals surface area contributed by atoms with Crippen molar-refractivity contribution in [1.82, 2.24) is 0 Å². The van der Waals surface area contributed by atoms with E-state index in [2.05, 4.69) is 36.5 Å². The summed E-state index contributed by atoms with van der Waals surface area (Å²) in [6, 6.07) is 8.83. The molecule has 72 valence electrons. The Bertz CT molecular complexity index is 395. The monoisotopic (exact) mass is 204 g/mol. The van der Waals surface area contributed by atoms with Crippen LogP contribution in [0.15, 0.2) is 23.1 Å². The highest BCUT2D eigenvalue weighted by Gasteiger charge is 2.24. The van der Waals surface area contributed by atoms with Gasteiger partial charge in [0.15, 0.2) is 0 Å². The van der Waals surface area contributed by atoms with Crippen molar-refractivity contribution in [3.63, 3.8) is 0 Å².